The maximum absolute atomic E-state index is 6.23. The van der Waals surface area contributed by atoms with E-state index in [-0.39, 0.29) is 11.9 Å². The quantitative estimate of drug-likeness (QED) is 0.926. The van der Waals surface area contributed by atoms with Crippen LogP contribution in [0.25, 0.3) is 0 Å². The molecule has 2 heterocycles. The molecule has 0 bridgehead atoms. The fourth-order valence-electron chi connectivity index (χ4n) is 4.08. The number of ether oxygens (including phenoxy) is 3. The number of nitrogens with one attached hydrogen (secondary N) is 1. The van der Waals surface area contributed by atoms with Gasteiger partial charge in [0.1, 0.15) is 5.75 Å². The lowest BCUT2D eigenvalue weighted by molar-refractivity contribution is -0.161. The van der Waals surface area contributed by atoms with Gasteiger partial charge in [-0.3, -0.25) is 0 Å². The lowest BCUT2D eigenvalue weighted by Crippen LogP contribution is -2.34. The van der Waals surface area contributed by atoms with E-state index >= 15 is 0 Å². The number of hydrogen-bond donors (Lipinski definition) is 1. The second kappa shape index (κ2) is 6.42. The van der Waals surface area contributed by atoms with E-state index in [4.69, 9.17) is 14.2 Å². The zero-order chi connectivity index (χ0) is 15.7. The molecule has 0 aromatic heterocycles. The topological polar surface area (TPSA) is 39.7 Å². The third-order valence-corrected chi connectivity index (χ3v) is 5.31. The first-order valence-electron chi connectivity index (χ1n) is 9.03. The Kier molecular flexibility index (Phi) is 4.31. The predicted octanol–water partition coefficient (Wildman–Crippen LogP) is 3.48. The number of rotatable bonds is 3. The van der Waals surface area contributed by atoms with Crippen molar-refractivity contribution in [3.63, 3.8) is 0 Å². The zero-order valence-corrected chi connectivity index (χ0v) is 14.0. The summed E-state index contributed by atoms with van der Waals surface area (Å²) in [7, 11) is 0. The van der Waals surface area contributed by atoms with Crippen LogP contribution in [0.3, 0.4) is 0 Å². The fourth-order valence-corrected chi connectivity index (χ4v) is 4.08. The van der Waals surface area contributed by atoms with Crippen LogP contribution < -0.4 is 10.1 Å². The van der Waals surface area contributed by atoms with E-state index < -0.39 is 0 Å². The molecule has 4 rings (SSSR count). The van der Waals surface area contributed by atoms with E-state index in [0.717, 1.165) is 51.2 Å². The van der Waals surface area contributed by atoms with Crippen molar-refractivity contribution in [2.45, 2.75) is 63.4 Å². The third kappa shape index (κ3) is 3.25. The summed E-state index contributed by atoms with van der Waals surface area (Å²) in [6.07, 6.45) is 6.93. The van der Waals surface area contributed by atoms with Crippen LogP contribution in [-0.4, -0.2) is 31.6 Å². The van der Waals surface area contributed by atoms with Crippen LogP contribution in [0.1, 0.15) is 55.7 Å². The van der Waals surface area contributed by atoms with E-state index in [0.29, 0.717) is 6.04 Å². The van der Waals surface area contributed by atoms with E-state index in [9.17, 15) is 0 Å². The average molecular weight is 317 g/mol. The molecule has 2 aliphatic heterocycles. The van der Waals surface area contributed by atoms with Crippen molar-refractivity contribution in [3.8, 4) is 5.75 Å². The molecule has 0 unspecified atom stereocenters. The second-order valence-electron chi connectivity index (χ2n) is 7.16. The third-order valence-electron chi connectivity index (χ3n) is 5.31. The summed E-state index contributed by atoms with van der Waals surface area (Å²) in [5.74, 6) is 0.773. The van der Waals surface area contributed by atoms with Gasteiger partial charge in [0, 0.05) is 31.0 Å². The Morgan fingerprint density at radius 2 is 2.09 bits per heavy atom. The molecule has 23 heavy (non-hydrogen) atoms. The van der Waals surface area contributed by atoms with Gasteiger partial charge in [0.2, 0.25) is 0 Å². The Hall–Kier alpha value is -1.10. The maximum atomic E-state index is 6.23. The second-order valence-corrected chi connectivity index (χ2v) is 7.16. The highest BCUT2D eigenvalue weighted by atomic mass is 16.7. The van der Waals surface area contributed by atoms with Gasteiger partial charge in [0.15, 0.2) is 5.79 Å². The minimum atomic E-state index is -0.257. The van der Waals surface area contributed by atoms with Crippen LogP contribution in [0.15, 0.2) is 18.2 Å². The summed E-state index contributed by atoms with van der Waals surface area (Å²) < 4.78 is 18.1. The van der Waals surface area contributed by atoms with Crippen LogP contribution >= 0.6 is 0 Å². The Labute approximate surface area is 138 Å². The Bertz CT molecular complexity index is 554. The van der Waals surface area contributed by atoms with Crippen LogP contribution in [0.5, 0.6) is 5.75 Å². The van der Waals surface area contributed by atoms with Crippen molar-refractivity contribution in [1.82, 2.24) is 5.32 Å². The van der Waals surface area contributed by atoms with Crippen molar-refractivity contribution < 1.29 is 14.2 Å². The first-order valence-corrected chi connectivity index (χ1v) is 9.03. The minimum Gasteiger partial charge on any atom is -0.493 e. The van der Waals surface area contributed by atoms with Gasteiger partial charge >= 0.3 is 0 Å². The summed E-state index contributed by atoms with van der Waals surface area (Å²) in [6, 6.07) is 6.82. The molecule has 4 heteroatoms. The van der Waals surface area contributed by atoms with E-state index in [1.807, 2.05) is 0 Å². The molecule has 1 spiro atoms. The van der Waals surface area contributed by atoms with E-state index in [1.165, 1.54) is 24.0 Å². The first kappa shape index (κ1) is 15.4. The average Bonchev–Trinajstić information content (AvgIpc) is 3.13. The summed E-state index contributed by atoms with van der Waals surface area (Å²) in [4.78, 5) is 0. The Balaban J connectivity index is 1.40. The van der Waals surface area contributed by atoms with Crippen molar-refractivity contribution in [3.05, 3.63) is 29.3 Å². The van der Waals surface area contributed by atoms with Crippen molar-refractivity contribution in [1.29, 1.82) is 0 Å². The minimum absolute atomic E-state index is 0.172. The smallest absolute Gasteiger partial charge is 0.168 e. The molecule has 4 nitrogen and oxygen atoms in total. The summed E-state index contributed by atoms with van der Waals surface area (Å²) >= 11 is 0. The van der Waals surface area contributed by atoms with Gasteiger partial charge in [-0.2, -0.15) is 0 Å². The molecule has 0 amide bonds. The fraction of sp³-hybridized carbons (Fsp3) is 0.684. The van der Waals surface area contributed by atoms with E-state index in [2.05, 4.69) is 30.4 Å². The molecule has 2 atom stereocenters. The Morgan fingerprint density at radius 3 is 2.96 bits per heavy atom. The van der Waals surface area contributed by atoms with Gasteiger partial charge in [0.05, 0.1) is 19.3 Å². The van der Waals surface area contributed by atoms with Crippen LogP contribution in [0, 0.1) is 6.92 Å². The molecule has 1 N–H and O–H groups in total. The van der Waals surface area contributed by atoms with Crippen LogP contribution in [0.2, 0.25) is 0 Å². The lowest BCUT2D eigenvalue weighted by atomic mass is 10.00. The van der Waals surface area contributed by atoms with Gasteiger partial charge in [-0.15, -0.1) is 0 Å². The van der Waals surface area contributed by atoms with Gasteiger partial charge in [-0.25, -0.2) is 0 Å². The summed E-state index contributed by atoms with van der Waals surface area (Å²) in [5.41, 5.74) is 2.57. The number of benzene rings is 1. The van der Waals surface area contributed by atoms with E-state index in [1.54, 1.807) is 0 Å². The molecular weight excluding hydrogens is 290 g/mol. The number of aryl methyl sites for hydroxylation is 1. The van der Waals surface area contributed by atoms with Gasteiger partial charge in [-0.05, 0) is 38.7 Å². The Morgan fingerprint density at radius 1 is 1.22 bits per heavy atom. The standard InChI is InChI=1S/C19H27NO3/c1-14-6-7-18-16(11-14)17(5-4-10-21-18)20-12-15-13-22-19(23-15)8-2-3-9-19/h6-7,11,15,17,20H,2-5,8-10,12-13H2,1H3/t15-,17-/m0/s1. The van der Waals surface area contributed by atoms with Gasteiger partial charge in [-0.1, -0.05) is 17.7 Å². The summed E-state index contributed by atoms with van der Waals surface area (Å²) in [5, 5.41) is 3.71. The van der Waals surface area contributed by atoms with Crippen molar-refractivity contribution in [2.75, 3.05) is 19.8 Å². The molecule has 1 aromatic rings. The van der Waals surface area contributed by atoms with Crippen molar-refractivity contribution >= 4 is 0 Å². The maximum Gasteiger partial charge on any atom is 0.168 e. The van der Waals surface area contributed by atoms with Gasteiger partial charge in [0.25, 0.3) is 0 Å². The molecule has 1 saturated carbocycles. The molecule has 1 aliphatic carbocycles. The molecule has 1 saturated heterocycles. The lowest BCUT2D eigenvalue weighted by Gasteiger charge is -2.23. The van der Waals surface area contributed by atoms with Crippen LogP contribution in [0.4, 0.5) is 0 Å². The molecule has 1 aromatic carbocycles. The number of hydrogen-bond acceptors (Lipinski definition) is 4. The molecular formula is C19H27NO3. The first-order chi connectivity index (χ1) is 11.2. The molecule has 2 fully saturated rings. The monoisotopic (exact) mass is 317 g/mol. The van der Waals surface area contributed by atoms with Gasteiger partial charge < -0.3 is 19.5 Å². The number of fused-ring (bicyclic) bond motifs is 1. The molecule has 3 aliphatic rings. The molecule has 0 radical (unpaired) electrons. The highest BCUT2D eigenvalue weighted by Gasteiger charge is 2.43. The summed E-state index contributed by atoms with van der Waals surface area (Å²) in [6.45, 7) is 4.51. The largest absolute Gasteiger partial charge is 0.493 e. The SMILES string of the molecule is Cc1ccc2c(c1)[C@@H](NC[C@H]1COC3(CCCC3)O1)CCCO2. The van der Waals surface area contributed by atoms with Crippen molar-refractivity contribution in [2.24, 2.45) is 0 Å². The zero-order valence-electron chi connectivity index (χ0n) is 14.0. The highest BCUT2D eigenvalue weighted by Crippen LogP contribution is 2.39. The normalized spacial score (nSPS) is 29.3. The highest BCUT2D eigenvalue weighted by molar-refractivity contribution is 5.39. The molecule has 126 valence electrons. The predicted molar refractivity (Wildman–Crippen MR) is 88.7 cm³/mol. The van der Waals surface area contributed by atoms with Crippen LogP contribution in [-0.2, 0) is 9.47 Å².